The minimum absolute atomic E-state index is 0.238. The van der Waals surface area contributed by atoms with E-state index in [9.17, 15) is 45.5 Å². The zero-order chi connectivity index (χ0) is 41.0. The van der Waals surface area contributed by atoms with E-state index in [2.05, 4.69) is 10.6 Å². The van der Waals surface area contributed by atoms with Crippen molar-refractivity contribution in [1.29, 1.82) is 0 Å². The van der Waals surface area contributed by atoms with Crippen molar-refractivity contribution in [2.24, 2.45) is 0 Å². The van der Waals surface area contributed by atoms with Crippen LogP contribution in [0.3, 0.4) is 0 Å². The van der Waals surface area contributed by atoms with E-state index in [0.717, 1.165) is 14.1 Å². The number of likely N-dealkylation sites (N-methyl/N-ethyl adjacent to an activating group) is 2. The summed E-state index contributed by atoms with van der Waals surface area (Å²) in [4.78, 5) is 52.0. The molecule has 4 aromatic rings. The Labute approximate surface area is 318 Å². The predicted molar refractivity (Wildman–Crippen MR) is 192 cm³/mol. The topological polar surface area (TPSA) is 135 Å². The van der Waals surface area contributed by atoms with Gasteiger partial charge in [-0.25, -0.2) is 9.59 Å². The number of hydrogen-bond donors (Lipinski definition) is 4. The number of carbonyl (C=O) groups is 4. The third-order valence-corrected chi connectivity index (χ3v) is 8.62. The highest BCUT2D eigenvalue weighted by Gasteiger charge is 2.58. The fraction of sp³-hybridized carbons (Fsp3) is 0.250. The van der Waals surface area contributed by atoms with E-state index in [1.165, 1.54) is 109 Å². The second-order valence-corrected chi connectivity index (χ2v) is 12.4. The monoisotopic (exact) mass is 784 g/mol. The van der Waals surface area contributed by atoms with E-state index >= 15 is 0 Å². The van der Waals surface area contributed by atoms with Crippen LogP contribution in [0.15, 0.2) is 133 Å². The second-order valence-electron chi connectivity index (χ2n) is 12.4. The van der Waals surface area contributed by atoms with Crippen molar-refractivity contribution in [2.45, 2.75) is 48.7 Å². The lowest BCUT2D eigenvalue weighted by Gasteiger charge is -2.38. The molecule has 0 aromatic heterocycles. The zero-order valence-electron chi connectivity index (χ0n) is 30.0. The van der Waals surface area contributed by atoms with Gasteiger partial charge in [0, 0.05) is 25.0 Å². The molecule has 16 heteroatoms. The van der Waals surface area contributed by atoms with E-state index in [1.807, 2.05) is 10.6 Å². The Balaban J connectivity index is 1.49. The fourth-order valence-electron chi connectivity index (χ4n) is 5.84. The number of carbonyl (C=O) groups excluding carboxylic acids is 4. The van der Waals surface area contributed by atoms with Gasteiger partial charge in [-0.05, 0) is 36.3 Å². The van der Waals surface area contributed by atoms with E-state index in [0.29, 0.717) is 12.2 Å². The molecule has 4 aromatic carbocycles. The molecule has 0 bridgehead atoms. The summed E-state index contributed by atoms with van der Waals surface area (Å²) in [7, 11) is 2.27. The molecule has 56 heavy (non-hydrogen) atoms. The Morgan fingerprint density at radius 1 is 0.518 bits per heavy atom. The number of rotatable bonds is 16. The number of nitrogens with one attached hydrogen (secondary N) is 4. The van der Waals surface area contributed by atoms with Crippen molar-refractivity contribution >= 4 is 23.8 Å². The summed E-state index contributed by atoms with van der Waals surface area (Å²) in [5, 5.41) is 8.62. The highest BCUT2D eigenvalue weighted by atomic mass is 19.4. The quantitative estimate of drug-likeness (QED) is 0.0518. The number of amides is 2. The highest BCUT2D eigenvalue weighted by Crippen LogP contribution is 2.43. The molecule has 0 saturated heterocycles. The van der Waals surface area contributed by atoms with Crippen LogP contribution in [0.2, 0.25) is 0 Å². The molecule has 4 N–H and O–H groups in total. The summed E-state index contributed by atoms with van der Waals surface area (Å²) in [5.41, 5.74) is -6.06. The molecule has 0 aliphatic rings. The normalized spacial score (nSPS) is 15.1. The van der Waals surface area contributed by atoms with E-state index in [-0.39, 0.29) is 22.3 Å². The molecule has 10 nitrogen and oxygen atoms in total. The molecule has 0 radical (unpaired) electrons. The van der Waals surface area contributed by atoms with Crippen molar-refractivity contribution in [3.05, 3.63) is 156 Å². The summed E-state index contributed by atoms with van der Waals surface area (Å²) in [6.45, 7) is 0. The van der Waals surface area contributed by atoms with Crippen molar-refractivity contribution in [1.82, 2.24) is 21.3 Å². The smallest absolute Gasteiger partial charge is 0.416 e. The minimum atomic E-state index is -5.05. The lowest BCUT2D eigenvalue weighted by molar-refractivity contribution is -0.205. The number of benzene rings is 4. The standard InChI is InChI=1S/C40H38F6N4O6/c1-47-35(33(53)49-37(39(41,42)43,29-19-11-5-12-20-29)25-27-15-7-3-8-16-27)55-31(51)23-24-32(52)56-36(48-2)34(54)50-38(40(44,45)46,30-21-13-6-14-22-30)26-28-17-9-4-10-18-28/h3-24,35-36,47-48H,25-26H2,1-2H3,(H,49,53)(H,50,54)/b24-23-. The molecule has 2 amide bonds. The van der Waals surface area contributed by atoms with E-state index in [1.54, 1.807) is 12.1 Å². The third-order valence-electron chi connectivity index (χ3n) is 8.62. The highest BCUT2D eigenvalue weighted by molar-refractivity contribution is 5.94. The average molecular weight is 785 g/mol. The predicted octanol–water partition coefficient (Wildman–Crippen LogP) is 5.35. The van der Waals surface area contributed by atoms with Gasteiger partial charge in [0.05, 0.1) is 0 Å². The van der Waals surface area contributed by atoms with Gasteiger partial charge in [-0.1, -0.05) is 121 Å². The van der Waals surface area contributed by atoms with Gasteiger partial charge in [0.15, 0.2) is 11.1 Å². The first kappa shape index (κ1) is 42.7. The Kier molecular flexibility index (Phi) is 14.2. The van der Waals surface area contributed by atoms with Gasteiger partial charge in [-0.2, -0.15) is 26.3 Å². The van der Waals surface area contributed by atoms with Crippen LogP contribution in [0.25, 0.3) is 0 Å². The number of halogens is 6. The van der Waals surface area contributed by atoms with Crippen molar-refractivity contribution < 1.29 is 55.0 Å². The number of hydrogen-bond acceptors (Lipinski definition) is 8. The molecule has 0 aliphatic heterocycles. The van der Waals surface area contributed by atoms with Crippen LogP contribution in [-0.4, -0.2) is 62.7 Å². The maximum atomic E-state index is 15.0. The van der Waals surface area contributed by atoms with Crippen molar-refractivity contribution in [2.75, 3.05) is 14.1 Å². The first-order valence-electron chi connectivity index (χ1n) is 17.0. The Bertz CT molecular complexity index is 1810. The van der Waals surface area contributed by atoms with Crippen LogP contribution in [-0.2, 0) is 52.6 Å². The molecular weight excluding hydrogens is 746 g/mol. The van der Waals surface area contributed by atoms with E-state index in [4.69, 9.17) is 9.47 Å². The van der Waals surface area contributed by atoms with Crippen molar-refractivity contribution in [3.63, 3.8) is 0 Å². The maximum absolute atomic E-state index is 15.0. The molecule has 296 valence electrons. The van der Waals surface area contributed by atoms with Crippen LogP contribution < -0.4 is 21.3 Å². The molecule has 4 atom stereocenters. The Morgan fingerprint density at radius 2 is 0.804 bits per heavy atom. The Hall–Kier alpha value is -6.00. The molecule has 0 aliphatic carbocycles. The van der Waals surface area contributed by atoms with Gasteiger partial charge in [0.25, 0.3) is 11.8 Å². The summed E-state index contributed by atoms with van der Waals surface area (Å²) in [6.07, 6.45) is -14.6. The summed E-state index contributed by atoms with van der Waals surface area (Å²) >= 11 is 0. The van der Waals surface area contributed by atoms with Gasteiger partial charge in [0.1, 0.15) is 0 Å². The fourth-order valence-corrected chi connectivity index (χ4v) is 5.84. The van der Waals surface area contributed by atoms with Crippen molar-refractivity contribution in [3.8, 4) is 0 Å². The number of ether oxygens (including phenoxy) is 2. The van der Waals surface area contributed by atoms with Gasteiger partial charge in [-0.15, -0.1) is 0 Å². The van der Waals surface area contributed by atoms with Gasteiger partial charge >= 0.3 is 24.3 Å². The number of alkyl halides is 6. The van der Waals surface area contributed by atoms with Crippen LogP contribution in [0.4, 0.5) is 26.3 Å². The van der Waals surface area contributed by atoms with Gasteiger partial charge in [-0.3, -0.25) is 20.2 Å². The SMILES string of the molecule is CNC(OC(=O)/C=C\C(=O)OC(NC)C(=O)NC(Cc1ccccc1)(c1ccccc1)C(F)(F)F)C(=O)NC(Cc1ccccc1)(c1ccccc1)C(F)(F)F. The van der Waals surface area contributed by atoms with Crippen LogP contribution in [0, 0.1) is 0 Å². The molecule has 0 fully saturated rings. The minimum Gasteiger partial charge on any atom is -0.434 e. The van der Waals surface area contributed by atoms with E-state index < -0.39 is 72.5 Å². The first-order valence-corrected chi connectivity index (χ1v) is 17.0. The third kappa shape index (κ3) is 10.4. The first-order chi connectivity index (χ1) is 26.5. The molecule has 4 unspecified atom stereocenters. The summed E-state index contributed by atoms with van der Waals surface area (Å²) in [6, 6.07) is 28.5. The summed E-state index contributed by atoms with van der Waals surface area (Å²) in [5.74, 6) is -5.57. The summed E-state index contributed by atoms with van der Waals surface area (Å²) < 4.78 is 99.9. The molecular formula is C40H38F6N4O6. The molecule has 0 heterocycles. The second kappa shape index (κ2) is 18.6. The number of esters is 2. The largest absolute Gasteiger partial charge is 0.434 e. The average Bonchev–Trinajstić information content (AvgIpc) is 3.18. The van der Waals surface area contributed by atoms with Gasteiger partial charge in [0.2, 0.25) is 12.5 Å². The molecule has 4 rings (SSSR count). The molecule has 0 saturated carbocycles. The van der Waals surface area contributed by atoms with Crippen LogP contribution >= 0.6 is 0 Å². The molecule has 0 spiro atoms. The zero-order valence-corrected chi connectivity index (χ0v) is 30.0. The lowest BCUT2D eigenvalue weighted by Crippen LogP contribution is -2.61. The maximum Gasteiger partial charge on any atom is 0.416 e. The van der Waals surface area contributed by atoms with Gasteiger partial charge < -0.3 is 20.1 Å². The Morgan fingerprint density at radius 3 is 1.07 bits per heavy atom. The lowest BCUT2D eigenvalue weighted by atomic mass is 9.82. The van der Waals surface area contributed by atoms with Crippen LogP contribution in [0.1, 0.15) is 22.3 Å². The van der Waals surface area contributed by atoms with Crippen LogP contribution in [0.5, 0.6) is 0 Å².